The van der Waals surface area contributed by atoms with Gasteiger partial charge in [0.2, 0.25) is 0 Å². The number of hydrogen-bond donors (Lipinski definition) is 0. The molecular weight excluding hydrogens is 132 g/mol. The second-order valence-corrected chi connectivity index (χ2v) is 4.50. The average molecular weight is 156 g/mol. The third kappa shape index (κ3) is 2.50. The van der Waals surface area contributed by atoms with Crippen molar-refractivity contribution in [2.24, 2.45) is 17.8 Å². The van der Waals surface area contributed by atoms with Crippen LogP contribution in [-0.4, -0.2) is 0 Å². The molecular formula is C11H24. The molecule has 0 N–H and O–H groups in total. The molecule has 1 saturated carbocycles. The van der Waals surface area contributed by atoms with Crippen LogP contribution in [0.5, 0.6) is 0 Å². The van der Waals surface area contributed by atoms with Crippen molar-refractivity contribution in [2.75, 3.05) is 0 Å². The van der Waals surface area contributed by atoms with E-state index < -0.39 is 0 Å². The molecule has 0 bridgehead atoms. The lowest BCUT2D eigenvalue weighted by Gasteiger charge is -2.30. The van der Waals surface area contributed by atoms with Crippen LogP contribution in [0.2, 0.25) is 0 Å². The van der Waals surface area contributed by atoms with Gasteiger partial charge >= 0.3 is 0 Å². The van der Waals surface area contributed by atoms with Gasteiger partial charge in [-0.25, -0.2) is 0 Å². The summed E-state index contributed by atoms with van der Waals surface area (Å²) in [5, 5.41) is 0. The van der Waals surface area contributed by atoms with E-state index in [0.29, 0.717) is 0 Å². The summed E-state index contributed by atoms with van der Waals surface area (Å²) in [6.45, 7) is 7.15. The predicted molar refractivity (Wildman–Crippen MR) is 52.7 cm³/mol. The molecule has 0 amide bonds. The first-order valence-electron chi connectivity index (χ1n) is 5.22. The lowest BCUT2D eigenvalue weighted by molar-refractivity contribution is 0.213. The van der Waals surface area contributed by atoms with Crippen molar-refractivity contribution in [1.82, 2.24) is 0 Å². The number of hydrogen-bond acceptors (Lipinski definition) is 0. The molecule has 0 saturated heterocycles. The Morgan fingerprint density at radius 1 is 1.00 bits per heavy atom. The van der Waals surface area contributed by atoms with Gasteiger partial charge in [0.15, 0.2) is 0 Å². The van der Waals surface area contributed by atoms with E-state index in [1.165, 1.54) is 32.1 Å². The first-order valence-corrected chi connectivity index (χ1v) is 5.22. The summed E-state index contributed by atoms with van der Waals surface area (Å²) >= 11 is 0. The summed E-state index contributed by atoms with van der Waals surface area (Å²) in [5.74, 6) is 2.89. The zero-order valence-electron chi connectivity index (χ0n) is 8.27. The van der Waals surface area contributed by atoms with E-state index >= 15 is 0 Å². The van der Waals surface area contributed by atoms with Gasteiger partial charge in [0.1, 0.15) is 0 Å². The smallest absolute Gasteiger partial charge is 0 e. The lowest BCUT2D eigenvalue weighted by atomic mass is 9.76. The van der Waals surface area contributed by atoms with Gasteiger partial charge in [-0.15, -0.1) is 0 Å². The maximum Gasteiger partial charge on any atom is 0 e. The summed E-state index contributed by atoms with van der Waals surface area (Å²) in [7, 11) is 0. The van der Waals surface area contributed by atoms with E-state index in [2.05, 4.69) is 20.8 Å². The predicted octanol–water partition coefficient (Wildman–Crippen LogP) is 4.10. The largest absolute Gasteiger partial charge is 0.0625 e. The monoisotopic (exact) mass is 156 g/mol. The second-order valence-electron chi connectivity index (χ2n) is 4.50. The quantitative estimate of drug-likeness (QED) is 0.564. The highest BCUT2D eigenvalue weighted by atomic mass is 14.3. The summed E-state index contributed by atoms with van der Waals surface area (Å²) in [4.78, 5) is 0. The fourth-order valence-electron chi connectivity index (χ4n) is 2.20. The van der Waals surface area contributed by atoms with Crippen LogP contribution < -0.4 is 0 Å². The summed E-state index contributed by atoms with van der Waals surface area (Å²) < 4.78 is 0. The van der Waals surface area contributed by atoms with Crippen molar-refractivity contribution >= 4 is 0 Å². The van der Waals surface area contributed by atoms with Crippen molar-refractivity contribution in [2.45, 2.75) is 52.9 Å². The van der Waals surface area contributed by atoms with Crippen LogP contribution in [0.1, 0.15) is 54.3 Å². The van der Waals surface area contributed by atoms with Crippen molar-refractivity contribution in [3.8, 4) is 0 Å². The third-order valence-corrected chi connectivity index (χ3v) is 3.44. The lowest BCUT2D eigenvalue weighted by Crippen LogP contribution is -2.19. The molecule has 1 fully saturated rings. The van der Waals surface area contributed by atoms with Crippen molar-refractivity contribution in [3.05, 3.63) is 0 Å². The van der Waals surface area contributed by atoms with Gasteiger partial charge in [0.25, 0.3) is 0 Å². The van der Waals surface area contributed by atoms with Gasteiger partial charge < -0.3 is 0 Å². The molecule has 0 aromatic rings. The molecule has 1 aliphatic rings. The van der Waals surface area contributed by atoms with Crippen LogP contribution in [-0.2, 0) is 0 Å². The number of rotatable bonds is 2. The first kappa shape index (κ1) is 9.09. The highest BCUT2D eigenvalue weighted by molar-refractivity contribution is 4.72. The zero-order chi connectivity index (χ0) is 8.27. The molecule has 0 heteroatoms. The van der Waals surface area contributed by atoms with Gasteiger partial charge in [0, 0.05) is 1.43 Å². The maximum atomic E-state index is 2.43. The molecule has 0 radical (unpaired) electrons. The summed E-state index contributed by atoms with van der Waals surface area (Å²) in [5.41, 5.74) is 0. The molecule has 68 valence electrons. The first-order chi connectivity index (χ1) is 5.22. The van der Waals surface area contributed by atoms with E-state index in [0.717, 1.165) is 17.8 Å². The van der Waals surface area contributed by atoms with E-state index in [4.69, 9.17) is 0 Å². The molecule has 0 nitrogen and oxygen atoms in total. The second kappa shape index (κ2) is 4.13. The Bertz CT molecular complexity index is 104. The van der Waals surface area contributed by atoms with Gasteiger partial charge in [-0.2, -0.15) is 0 Å². The SMILES string of the molecule is CC(C)C(C)C1CCCCC1.[HH]. The molecule has 1 atom stereocenters. The Hall–Kier alpha value is 0. The Balaban J connectivity index is 0.00000121. The maximum absolute atomic E-state index is 2.43. The molecule has 11 heavy (non-hydrogen) atoms. The minimum Gasteiger partial charge on any atom is -0.0625 e. The van der Waals surface area contributed by atoms with E-state index in [1.54, 1.807) is 0 Å². The van der Waals surface area contributed by atoms with Crippen LogP contribution in [0.4, 0.5) is 0 Å². The molecule has 0 aromatic heterocycles. The minimum absolute atomic E-state index is 0. The summed E-state index contributed by atoms with van der Waals surface area (Å²) in [6.07, 6.45) is 7.46. The highest BCUT2D eigenvalue weighted by Gasteiger charge is 2.21. The molecule has 1 aliphatic carbocycles. The van der Waals surface area contributed by atoms with Gasteiger partial charge in [-0.05, 0) is 17.8 Å². The van der Waals surface area contributed by atoms with Gasteiger partial charge in [0.05, 0.1) is 0 Å². The summed E-state index contributed by atoms with van der Waals surface area (Å²) in [6, 6.07) is 0. The minimum atomic E-state index is 0. The average Bonchev–Trinajstić information content (AvgIpc) is 2.05. The molecule has 1 unspecified atom stereocenters. The van der Waals surface area contributed by atoms with Crippen molar-refractivity contribution in [3.63, 3.8) is 0 Å². The Labute approximate surface area is 72.9 Å². The normalized spacial score (nSPS) is 24.0. The van der Waals surface area contributed by atoms with E-state index in [-0.39, 0.29) is 1.43 Å². The fraction of sp³-hybridized carbons (Fsp3) is 1.00. The Morgan fingerprint density at radius 3 is 2.00 bits per heavy atom. The van der Waals surface area contributed by atoms with Crippen molar-refractivity contribution < 1.29 is 1.43 Å². The van der Waals surface area contributed by atoms with E-state index in [1.807, 2.05) is 0 Å². The van der Waals surface area contributed by atoms with Crippen LogP contribution in [0.25, 0.3) is 0 Å². The third-order valence-electron chi connectivity index (χ3n) is 3.44. The topological polar surface area (TPSA) is 0 Å². The van der Waals surface area contributed by atoms with Crippen LogP contribution >= 0.6 is 0 Å². The molecule has 0 aliphatic heterocycles. The molecule has 0 heterocycles. The fourth-order valence-corrected chi connectivity index (χ4v) is 2.20. The highest BCUT2D eigenvalue weighted by Crippen LogP contribution is 2.33. The van der Waals surface area contributed by atoms with Gasteiger partial charge in [-0.1, -0.05) is 52.9 Å². The Morgan fingerprint density at radius 2 is 1.55 bits per heavy atom. The molecule has 0 spiro atoms. The zero-order valence-corrected chi connectivity index (χ0v) is 8.27. The Kier molecular flexibility index (Phi) is 3.42. The van der Waals surface area contributed by atoms with Gasteiger partial charge in [-0.3, -0.25) is 0 Å². The molecule has 0 aromatic carbocycles. The van der Waals surface area contributed by atoms with Crippen LogP contribution in [0, 0.1) is 17.8 Å². The van der Waals surface area contributed by atoms with E-state index in [9.17, 15) is 0 Å². The van der Waals surface area contributed by atoms with Crippen LogP contribution in [0.3, 0.4) is 0 Å². The standard InChI is InChI=1S/C11H22.H2/c1-9(2)10(3)11-7-5-4-6-8-11;/h9-11H,4-8H2,1-3H3;1H. The van der Waals surface area contributed by atoms with Crippen LogP contribution in [0.15, 0.2) is 0 Å². The molecule has 1 rings (SSSR count). The van der Waals surface area contributed by atoms with Crippen molar-refractivity contribution in [1.29, 1.82) is 0 Å².